The van der Waals surface area contributed by atoms with Crippen LogP contribution < -0.4 is 0 Å². The van der Waals surface area contributed by atoms with E-state index in [2.05, 4.69) is 0 Å². The largest absolute Gasteiger partial charge is 0.224 e. The highest BCUT2D eigenvalue weighted by Crippen LogP contribution is 2.13. The van der Waals surface area contributed by atoms with E-state index in [0.29, 0.717) is 5.02 Å². The van der Waals surface area contributed by atoms with Crippen molar-refractivity contribution in [3.63, 3.8) is 0 Å². The molecule has 0 N–H and O–H groups in total. The van der Waals surface area contributed by atoms with Crippen LogP contribution in [0.4, 0.5) is 0 Å². The molecular formula is C15H13ClO2S. The van der Waals surface area contributed by atoms with Crippen molar-refractivity contribution in [1.82, 2.24) is 0 Å². The van der Waals surface area contributed by atoms with E-state index in [4.69, 9.17) is 11.6 Å². The van der Waals surface area contributed by atoms with Gasteiger partial charge in [-0.2, -0.15) is 0 Å². The minimum Gasteiger partial charge on any atom is -0.224 e. The summed E-state index contributed by atoms with van der Waals surface area (Å²) >= 11 is 5.77. The summed E-state index contributed by atoms with van der Waals surface area (Å²) in [6.07, 6.45) is 1.58. The molecule has 0 saturated heterocycles. The Balaban J connectivity index is 2.11. The summed E-state index contributed by atoms with van der Waals surface area (Å²) < 4.78 is 23.9. The Labute approximate surface area is 118 Å². The number of hydrogen-bond acceptors (Lipinski definition) is 2. The van der Waals surface area contributed by atoms with E-state index in [1.165, 1.54) is 5.41 Å². The van der Waals surface area contributed by atoms with Gasteiger partial charge >= 0.3 is 0 Å². The van der Waals surface area contributed by atoms with Gasteiger partial charge in [-0.3, -0.25) is 0 Å². The van der Waals surface area contributed by atoms with E-state index in [1.807, 2.05) is 18.2 Å². The van der Waals surface area contributed by atoms with Crippen LogP contribution in [0.2, 0.25) is 5.02 Å². The molecule has 2 rings (SSSR count). The minimum atomic E-state index is -3.26. The van der Waals surface area contributed by atoms with Crippen molar-refractivity contribution in [3.8, 4) is 0 Å². The maximum Gasteiger partial charge on any atom is 0.175 e. The van der Waals surface area contributed by atoms with E-state index in [-0.39, 0.29) is 5.75 Å². The first-order valence-electron chi connectivity index (χ1n) is 5.75. The Bertz CT molecular complexity index is 659. The summed E-state index contributed by atoms with van der Waals surface area (Å²) in [5.41, 5.74) is 1.59. The molecule has 2 aromatic carbocycles. The van der Waals surface area contributed by atoms with Crippen LogP contribution in [0.3, 0.4) is 0 Å². The average molecular weight is 293 g/mol. The Morgan fingerprint density at radius 1 is 0.947 bits per heavy atom. The third kappa shape index (κ3) is 4.54. The van der Waals surface area contributed by atoms with E-state index < -0.39 is 9.84 Å². The highest BCUT2D eigenvalue weighted by atomic mass is 35.5. The van der Waals surface area contributed by atoms with Gasteiger partial charge in [0, 0.05) is 10.4 Å². The van der Waals surface area contributed by atoms with Crippen LogP contribution in [0.1, 0.15) is 11.1 Å². The topological polar surface area (TPSA) is 34.1 Å². The van der Waals surface area contributed by atoms with Gasteiger partial charge in [-0.25, -0.2) is 8.42 Å². The smallest absolute Gasteiger partial charge is 0.175 e. The molecule has 0 saturated carbocycles. The van der Waals surface area contributed by atoms with Gasteiger partial charge in [0.15, 0.2) is 9.84 Å². The van der Waals surface area contributed by atoms with Gasteiger partial charge < -0.3 is 0 Å². The van der Waals surface area contributed by atoms with Gasteiger partial charge in [0.25, 0.3) is 0 Å². The fraction of sp³-hybridized carbons (Fsp3) is 0.0667. The van der Waals surface area contributed by atoms with Crippen LogP contribution in [0.15, 0.2) is 60.0 Å². The summed E-state index contributed by atoms with van der Waals surface area (Å²) in [4.78, 5) is 0. The molecule has 2 nitrogen and oxygen atoms in total. The van der Waals surface area contributed by atoms with Crippen molar-refractivity contribution in [2.24, 2.45) is 0 Å². The molecule has 0 aromatic heterocycles. The second-order valence-corrected chi connectivity index (χ2v) is 6.47. The molecule has 0 aliphatic heterocycles. The van der Waals surface area contributed by atoms with E-state index >= 15 is 0 Å². The summed E-state index contributed by atoms with van der Waals surface area (Å²) in [7, 11) is -3.26. The Kier molecular flexibility index (Phi) is 4.40. The summed E-state index contributed by atoms with van der Waals surface area (Å²) in [6.45, 7) is 0. The lowest BCUT2D eigenvalue weighted by Gasteiger charge is -1.99. The second kappa shape index (κ2) is 6.04. The predicted molar refractivity (Wildman–Crippen MR) is 79.6 cm³/mol. The molecule has 0 unspecified atom stereocenters. The van der Waals surface area contributed by atoms with Gasteiger partial charge in [0.1, 0.15) is 0 Å². The van der Waals surface area contributed by atoms with Crippen LogP contribution in [0.25, 0.3) is 6.08 Å². The quantitative estimate of drug-likeness (QED) is 0.856. The van der Waals surface area contributed by atoms with Crippen molar-refractivity contribution in [2.45, 2.75) is 5.75 Å². The van der Waals surface area contributed by atoms with Crippen molar-refractivity contribution in [1.29, 1.82) is 0 Å². The number of halogens is 1. The Morgan fingerprint density at radius 3 is 2.21 bits per heavy atom. The molecule has 0 atom stereocenters. The average Bonchev–Trinajstić information content (AvgIpc) is 2.39. The molecule has 0 heterocycles. The zero-order valence-electron chi connectivity index (χ0n) is 10.2. The first-order valence-corrected chi connectivity index (χ1v) is 7.85. The summed E-state index contributed by atoms with van der Waals surface area (Å²) in [5, 5.41) is 1.87. The van der Waals surface area contributed by atoms with E-state index in [1.54, 1.807) is 42.5 Å². The Morgan fingerprint density at radius 2 is 1.58 bits per heavy atom. The SMILES string of the molecule is O=S(=O)(/C=C\c1ccc(Cl)cc1)Cc1ccccc1. The van der Waals surface area contributed by atoms with Gasteiger partial charge in [-0.05, 0) is 29.3 Å². The third-order valence-corrected chi connectivity index (χ3v) is 4.09. The fourth-order valence-electron chi connectivity index (χ4n) is 1.61. The molecular weight excluding hydrogens is 280 g/mol. The fourth-order valence-corrected chi connectivity index (χ4v) is 2.85. The third-order valence-electron chi connectivity index (χ3n) is 2.55. The number of sulfone groups is 1. The van der Waals surface area contributed by atoms with Crippen LogP contribution >= 0.6 is 11.6 Å². The number of rotatable bonds is 4. The molecule has 0 radical (unpaired) electrons. The predicted octanol–water partition coefficient (Wildman–Crippen LogP) is 3.93. The van der Waals surface area contributed by atoms with Crippen molar-refractivity contribution in [3.05, 3.63) is 76.2 Å². The van der Waals surface area contributed by atoms with Crippen molar-refractivity contribution >= 4 is 27.5 Å². The highest BCUT2D eigenvalue weighted by molar-refractivity contribution is 7.93. The maximum absolute atomic E-state index is 11.9. The number of hydrogen-bond donors (Lipinski definition) is 0. The standard InChI is InChI=1S/C15H13ClO2S/c16-15-8-6-13(7-9-15)10-11-19(17,18)12-14-4-2-1-3-5-14/h1-11H,12H2/b11-10-. The minimum absolute atomic E-state index is 0.0118. The second-order valence-electron chi connectivity index (χ2n) is 4.15. The molecule has 4 heteroatoms. The van der Waals surface area contributed by atoms with Gasteiger partial charge in [-0.15, -0.1) is 0 Å². The van der Waals surface area contributed by atoms with Crippen molar-refractivity contribution in [2.75, 3.05) is 0 Å². The highest BCUT2D eigenvalue weighted by Gasteiger charge is 2.06. The van der Waals surface area contributed by atoms with Gasteiger partial charge in [0.2, 0.25) is 0 Å². The normalized spacial score (nSPS) is 11.8. The molecule has 98 valence electrons. The van der Waals surface area contributed by atoms with Crippen LogP contribution in [0.5, 0.6) is 0 Å². The molecule has 0 fully saturated rings. The lowest BCUT2D eigenvalue weighted by atomic mass is 10.2. The Hall–Kier alpha value is -1.58. The van der Waals surface area contributed by atoms with Crippen LogP contribution in [-0.2, 0) is 15.6 Å². The molecule has 2 aromatic rings. The van der Waals surface area contributed by atoms with Crippen LogP contribution in [-0.4, -0.2) is 8.42 Å². The lowest BCUT2D eigenvalue weighted by molar-refractivity contribution is 0.604. The zero-order valence-corrected chi connectivity index (χ0v) is 11.7. The van der Waals surface area contributed by atoms with Gasteiger partial charge in [0.05, 0.1) is 5.75 Å². The maximum atomic E-state index is 11.9. The zero-order chi connectivity index (χ0) is 13.7. The lowest BCUT2D eigenvalue weighted by Crippen LogP contribution is -1.99. The van der Waals surface area contributed by atoms with E-state index in [0.717, 1.165) is 11.1 Å². The first kappa shape index (κ1) is 13.8. The molecule has 19 heavy (non-hydrogen) atoms. The van der Waals surface area contributed by atoms with E-state index in [9.17, 15) is 8.42 Å². The monoisotopic (exact) mass is 292 g/mol. The molecule has 0 spiro atoms. The van der Waals surface area contributed by atoms with Gasteiger partial charge in [-0.1, -0.05) is 54.1 Å². The molecule has 0 aliphatic carbocycles. The molecule has 0 amide bonds. The summed E-state index contributed by atoms with van der Waals surface area (Å²) in [6, 6.07) is 16.1. The molecule has 0 bridgehead atoms. The molecule has 0 aliphatic rings. The summed E-state index contributed by atoms with van der Waals surface area (Å²) in [5.74, 6) is 0.0118. The number of benzene rings is 2. The van der Waals surface area contributed by atoms with Crippen molar-refractivity contribution < 1.29 is 8.42 Å². The van der Waals surface area contributed by atoms with Crippen LogP contribution in [0, 0.1) is 0 Å². The first-order chi connectivity index (χ1) is 9.05.